The van der Waals surface area contributed by atoms with Crippen LogP contribution in [0.25, 0.3) is 0 Å². The van der Waals surface area contributed by atoms with Crippen LogP contribution in [0.2, 0.25) is 0 Å². The Balaban J connectivity index is 1.40. The molecule has 0 bridgehead atoms. The quantitative estimate of drug-likeness (QED) is 0.359. The molecule has 9 nitrogen and oxygen atoms in total. The van der Waals surface area contributed by atoms with Crippen LogP contribution >= 0.6 is 0 Å². The molecule has 4 N–H and O–H groups in total. The molecule has 3 heterocycles. The Morgan fingerprint density at radius 1 is 1.18 bits per heavy atom. The number of fused-ring (bicyclic) bond motifs is 1. The van der Waals surface area contributed by atoms with Gasteiger partial charge in [0.2, 0.25) is 11.8 Å². The lowest BCUT2D eigenvalue weighted by molar-refractivity contribution is -0.139. The van der Waals surface area contributed by atoms with Crippen molar-refractivity contribution in [1.82, 2.24) is 10.2 Å². The second-order valence-electron chi connectivity index (χ2n) is 11.0. The topological polar surface area (TPSA) is 122 Å². The van der Waals surface area contributed by atoms with Crippen molar-refractivity contribution in [2.45, 2.75) is 63.3 Å². The number of nitrogens with zero attached hydrogens (tertiary/aromatic N) is 2. The first-order valence-corrected chi connectivity index (χ1v) is 14.2. The van der Waals surface area contributed by atoms with E-state index in [0.717, 1.165) is 37.8 Å². The van der Waals surface area contributed by atoms with Gasteiger partial charge in [0.05, 0.1) is 30.9 Å². The summed E-state index contributed by atoms with van der Waals surface area (Å²) in [6.45, 7) is 3.43. The Hall–Kier alpha value is -3.53. The molecule has 0 saturated carbocycles. The Morgan fingerprint density at radius 3 is 2.70 bits per heavy atom. The zero-order valence-corrected chi connectivity index (χ0v) is 22.9. The number of aliphatic hydroxyl groups excluding tert-OH is 1. The zero-order valence-electron chi connectivity index (χ0n) is 22.9. The summed E-state index contributed by atoms with van der Waals surface area (Å²) in [7, 11) is 0. The second kappa shape index (κ2) is 11.9. The molecule has 2 saturated heterocycles. The van der Waals surface area contributed by atoms with Crippen molar-refractivity contribution in [2.24, 2.45) is 5.92 Å². The summed E-state index contributed by atoms with van der Waals surface area (Å²) < 4.78 is 0. The van der Waals surface area contributed by atoms with Gasteiger partial charge < -0.3 is 30.6 Å². The Morgan fingerprint density at radius 2 is 1.98 bits per heavy atom. The number of anilines is 2. The molecule has 0 radical (unpaired) electrons. The van der Waals surface area contributed by atoms with Crippen LogP contribution in [0.3, 0.4) is 0 Å². The highest BCUT2D eigenvalue weighted by atomic mass is 16.3. The van der Waals surface area contributed by atoms with E-state index in [1.165, 1.54) is 0 Å². The lowest BCUT2D eigenvalue weighted by Crippen LogP contribution is -2.44. The summed E-state index contributed by atoms with van der Waals surface area (Å²) in [5.74, 6) is -1.32. The van der Waals surface area contributed by atoms with Gasteiger partial charge in [-0.15, -0.1) is 0 Å². The van der Waals surface area contributed by atoms with E-state index < -0.39 is 17.4 Å². The van der Waals surface area contributed by atoms with Crippen LogP contribution in [0.15, 0.2) is 60.7 Å². The third-order valence-electron chi connectivity index (χ3n) is 8.38. The number of amides is 3. The SMILES string of the molecule is C[C@@H](/C=C/CC(=O)N1CCC[C@H]1CO)[C@]1(O)C(=O)N(Cc2ccccc2)c2ccc(NC(=O)[C@H]3CCCN3)cc21. The van der Waals surface area contributed by atoms with Gasteiger partial charge in [0.25, 0.3) is 5.91 Å². The molecule has 0 unspecified atom stereocenters. The molecule has 5 rings (SSSR count). The molecule has 40 heavy (non-hydrogen) atoms. The van der Waals surface area contributed by atoms with Gasteiger partial charge >= 0.3 is 0 Å². The van der Waals surface area contributed by atoms with Gasteiger partial charge in [0.15, 0.2) is 5.60 Å². The lowest BCUT2D eigenvalue weighted by Gasteiger charge is -2.28. The largest absolute Gasteiger partial charge is 0.394 e. The van der Waals surface area contributed by atoms with Crippen molar-refractivity contribution >= 4 is 29.1 Å². The molecular formula is C31H38N4O5. The first-order valence-electron chi connectivity index (χ1n) is 14.2. The van der Waals surface area contributed by atoms with Crippen LogP contribution in [-0.2, 0) is 26.5 Å². The van der Waals surface area contributed by atoms with E-state index in [1.54, 1.807) is 47.1 Å². The number of rotatable bonds is 9. The fourth-order valence-corrected chi connectivity index (χ4v) is 6.07. The van der Waals surface area contributed by atoms with Crippen LogP contribution in [0.1, 0.15) is 50.2 Å². The van der Waals surface area contributed by atoms with E-state index in [4.69, 9.17) is 0 Å². The van der Waals surface area contributed by atoms with E-state index in [2.05, 4.69) is 10.6 Å². The predicted molar refractivity (Wildman–Crippen MR) is 152 cm³/mol. The normalized spacial score (nSPS) is 25.0. The zero-order chi connectivity index (χ0) is 28.3. The van der Waals surface area contributed by atoms with E-state index >= 15 is 0 Å². The minimum absolute atomic E-state index is 0.0518. The van der Waals surface area contributed by atoms with Crippen LogP contribution in [0, 0.1) is 5.92 Å². The summed E-state index contributed by atoms with van der Waals surface area (Å²) in [5.41, 5.74) is 0.577. The Labute approximate surface area is 234 Å². The number of carbonyl (C=O) groups excluding carboxylic acids is 3. The van der Waals surface area contributed by atoms with Crippen molar-refractivity contribution in [3.05, 3.63) is 71.8 Å². The van der Waals surface area contributed by atoms with Gasteiger partial charge in [-0.3, -0.25) is 14.4 Å². The maximum Gasteiger partial charge on any atom is 0.264 e. The van der Waals surface area contributed by atoms with Crippen LogP contribution in [0.4, 0.5) is 11.4 Å². The number of carbonyl (C=O) groups is 3. The maximum absolute atomic E-state index is 13.9. The molecule has 0 aromatic heterocycles. The Bertz CT molecular complexity index is 1280. The highest BCUT2D eigenvalue weighted by Gasteiger charge is 2.52. The molecule has 0 aliphatic carbocycles. The number of hydrogen-bond acceptors (Lipinski definition) is 6. The molecule has 3 aliphatic rings. The van der Waals surface area contributed by atoms with Gasteiger partial charge in [-0.05, 0) is 56.0 Å². The van der Waals surface area contributed by atoms with Gasteiger partial charge in [-0.25, -0.2) is 0 Å². The Kier molecular flexibility index (Phi) is 8.35. The fraction of sp³-hybridized carbons (Fsp3) is 0.452. The van der Waals surface area contributed by atoms with Gasteiger partial charge in [-0.1, -0.05) is 49.4 Å². The molecule has 0 spiro atoms. The third-order valence-corrected chi connectivity index (χ3v) is 8.38. The second-order valence-corrected chi connectivity index (χ2v) is 11.0. The number of nitrogens with one attached hydrogen (secondary N) is 2. The molecule has 3 amide bonds. The average Bonchev–Trinajstić information content (AvgIpc) is 3.71. The predicted octanol–water partition coefficient (Wildman–Crippen LogP) is 2.68. The standard InChI is InChI=1S/C31H38N4O5/c1-21(8-5-13-28(37)34-17-7-11-24(34)20-36)31(40)25-18-23(33-29(38)26-12-6-16-32-26)14-15-27(25)35(30(31)39)19-22-9-3-2-4-10-22/h2-5,8-10,14-15,18,21,24,26,32,36,40H,6-7,11-13,16-17,19-20H2,1H3,(H,33,38)/b8-5+/t21-,24-,26+,31+/m0/s1. The number of likely N-dealkylation sites (tertiary alicyclic amines) is 1. The average molecular weight is 547 g/mol. The third kappa shape index (κ3) is 5.41. The molecule has 9 heteroatoms. The highest BCUT2D eigenvalue weighted by molar-refractivity contribution is 6.08. The highest BCUT2D eigenvalue weighted by Crippen LogP contribution is 2.47. The van der Waals surface area contributed by atoms with Crippen molar-refractivity contribution < 1.29 is 24.6 Å². The lowest BCUT2D eigenvalue weighted by atomic mass is 9.82. The van der Waals surface area contributed by atoms with Gasteiger partial charge in [0, 0.05) is 30.1 Å². The number of aliphatic hydroxyl groups is 2. The first kappa shape index (κ1) is 28.0. The van der Waals surface area contributed by atoms with Crippen molar-refractivity contribution in [1.29, 1.82) is 0 Å². The van der Waals surface area contributed by atoms with Crippen molar-refractivity contribution in [3.8, 4) is 0 Å². The van der Waals surface area contributed by atoms with E-state index in [1.807, 2.05) is 30.3 Å². The summed E-state index contributed by atoms with van der Waals surface area (Å²) >= 11 is 0. The molecule has 212 valence electrons. The summed E-state index contributed by atoms with van der Waals surface area (Å²) in [4.78, 5) is 42.7. The van der Waals surface area contributed by atoms with Gasteiger partial charge in [-0.2, -0.15) is 0 Å². The molecule has 2 aromatic rings. The molecule has 2 aromatic carbocycles. The minimum Gasteiger partial charge on any atom is -0.394 e. The molecule has 4 atom stereocenters. The molecular weight excluding hydrogens is 508 g/mol. The van der Waals surface area contributed by atoms with E-state index in [0.29, 0.717) is 30.0 Å². The van der Waals surface area contributed by atoms with E-state index in [-0.39, 0.29) is 36.9 Å². The molecule has 2 fully saturated rings. The van der Waals surface area contributed by atoms with Crippen molar-refractivity contribution in [2.75, 3.05) is 29.9 Å². The van der Waals surface area contributed by atoms with Crippen molar-refractivity contribution in [3.63, 3.8) is 0 Å². The number of hydrogen-bond donors (Lipinski definition) is 4. The van der Waals surface area contributed by atoms with Crippen LogP contribution < -0.4 is 15.5 Å². The van der Waals surface area contributed by atoms with E-state index in [9.17, 15) is 24.6 Å². The maximum atomic E-state index is 13.9. The summed E-state index contributed by atoms with van der Waals surface area (Å²) in [6.07, 6.45) is 6.90. The van der Waals surface area contributed by atoms with Crippen LogP contribution in [0.5, 0.6) is 0 Å². The summed E-state index contributed by atoms with van der Waals surface area (Å²) in [5, 5.41) is 27.7. The molecule has 3 aliphatic heterocycles. The fourth-order valence-electron chi connectivity index (χ4n) is 6.07. The van der Waals surface area contributed by atoms with Gasteiger partial charge in [0.1, 0.15) is 0 Å². The minimum atomic E-state index is -1.88. The monoisotopic (exact) mass is 546 g/mol. The number of benzene rings is 2. The summed E-state index contributed by atoms with van der Waals surface area (Å²) in [6, 6.07) is 14.4. The van der Waals surface area contributed by atoms with Crippen LogP contribution in [-0.4, -0.2) is 64.6 Å². The first-order chi connectivity index (χ1) is 19.3. The smallest absolute Gasteiger partial charge is 0.264 e.